The van der Waals surface area contributed by atoms with Crippen molar-refractivity contribution >= 4 is 23.3 Å². The van der Waals surface area contributed by atoms with E-state index in [1.165, 1.54) is 23.1 Å². The van der Waals surface area contributed by atoms with Gasteiger partial charge in [-0.25, -0.2) is 9.48 Å². The van der Waals surface area contributed by atoms with Crippen molar-refractivity contribution in [3.05, 3.63) is 87.7 Å². The van der Waals surface area contributed by atoms with E-state index >= 15 is 0 Å². The highest BCUT2D eigenvalue weighted by atomic mass is 16.6. The first kappa shape index (κ1) is 18.4. The lowest BCUT2D eigenvalue weighted by molar-refractivity contribution is -0.384. The number of benzene rings is 2. The van der Waals surface area contributed by atoms with E-state index in [2.05, 4.69) is 15.4 Å². The first-order valence-corrected chi connectivity index (χ1v) is 8.97. The zero-order valence-electron chi connectivity index (χ0n) is 15.5. The van der Waals surface area contributed by atoms with E-state index in [4.69, 9.17) is 4.74 Å². The van der Waals surface area contributed by atoms with Gasteiger partial charge in [-0.15, -0.1) is 0 Å². The van der Waals surface area contributed by atoms with Crippen LogP contribution in [-0.4, -0.2) is 32.3 Å². The van der Waals surface area contributed by atoms with E-state index in [9.17, 15) is 14.9 Å². The van der Waals surface area contributed by atoms with Crippen LogP contribution in [-0.2, 0) is 9.53 Å². The second kappa shape index (κ2) is 7.55. The molecule has 2 aromatic carbocycles. The van der Waals surface area contributed by atoms with Crippen molar-refractivity contribution in [3.63, 3.8) is 0 Å². The number of hydrogen-bond acceptors (Lipinski definition) is 7. The largest absolute Gasteiger partial charge is 0.463 e. The number of rotatable bonds is 5. The predicted molar refractivity (Wildman–Crippen MR) is 105 cm³/mol. The first-order chi connectivity index (χ1) is 14.1. The molecule has 1 atom stereocenters. The predicted octanol–water partition coefficient (Wildman–Crippen LogP) is 3.18. The van der Waals surface area contributed by atoms with Crippen molar-refractivity contribution in [1.82, 2.24) is 14.8 Å². The molecule has 2 heterocycles. The fourth-order valence-corrected chi connectivity index (χ4v) is 3.34. The molecule has 0 spiro atoms. The molecule has 1 N–H and O–H groups in total. The summed E-state index contributed by atoms with van der Waals surface area (Å²) in [4.78, 5) is 28.0. The van der Waals surface area contributed by atoms with E-state index in [0.29, 0.717) is 22.8 Å². The number of esters is 1. The van der Waals surface area contributed by atoms with Crippen molar-refractivity contribution in [1.29, 1.82) is 0 Å². The Kier molecular flexibility index (Phi) is 4.78. The number of hydrogen-bond donors (Lipinski definition) is 1. The highest BCUT2D eigenvalue weighted by Gasteiger charge is 2.36. The van der Waals surface area contributed by atoms with E-state index in [-0.39, 0.29) is 12.3 Å². The topological polar surface area (TPSA) is 112 Å². The minimum atomic E-state index is -0.733. The van der Waals surface area contributed by atoms with Crippen LogP contribution in [0.4, 0.5) is 11.6 Å². The molecule has 4 rings (SSSR count). The van der Waals surface area contributed by atoms with Crippen LogP contribution in [0.25, 0.3) is 5.70 Å². The summed E-state index contributed by atoms with van der Waals surface area (Å²) in [7, 11) is 0. The quantitative estimate of drug-likeness (QED) is 0.404. The average Bonchev–Trinajstić information content (AvgIpc) is 3.21. The summed E-state index contributed by atoms with van der Waals surface area (Å²) in [6, 6.07) is 14.7. The Morgan fingerprint density at radius 2 is 2.03 bits per heavy atom. The lowest BCUT2D eigenvalue weighted by Gasteiger charge is -2.29. The molecule has 1 aliphatic heterocycles. The minimum absolute atomic E-state index is 0.0767. The fourth-order valence-electron chi connectivity index (χ4n) is 3.34. The molecule has 0 aliphatic carbocycles. The summed E-state index contributed by atoms with van der Waals surface area (Å²) < 4.78 is 6.85. The van der Waals surface area contributed by atoms with Gasteiger partial charge in [0.05, 0.1) is 22.8 Å². The molecule has 3 aromatic rings. The Morgan fingerprint density at radius 3 is 2.76 bits per heavy atom. The van der Waals surface area contributed by atoms with Crippen molar-refractivity contribution in [2.24, 2.45) is 0 Å². The van der Waals surface area contributed by atoms with Gasteiger partial charge in [-0.05, 0) is 18.1 Å². The Hall–Kier alpha value is -4.01. The second-order valence-electron chi connectivity index (χ2n) is 6.28. The van der Waals surface area contributed by atoms with Crippen LogP contribution in [0.3, 0.4) is 0 Å². The fraction of sp³-hybridized carbons (Fsp3) is 0.150. The summed E-state index contributed by atoms with van der Waals surface area (Å²) in [6.07, 6.45) is 1.36. The van der Waals surface area contributed by atoms with Gasteiger partial charge < -0.3 is 10.1 Å². The number of nitrogens with zero attached hydrogens (tertiary/aromatic N) is 4. The molecule has 0 unspecified atom stereocenters. The summed E-state index contributed by atoms with van der Waals surface area (Å²) in [5, 5.41) is 18.7. The summed E-state index contributed by atoms with van der Waals surface area (Å²) in [6.45, 7) is 1.91. The molecule has 0 bridgehead atoms. The number of carbonyl (C=O) groups excluding carboxylic acids is 1. The van der Waals surface area contributed by atoms with Gasteiger partial charge in [-0.3, -0.25) is 10.1 Å². The lowest BCUT2D eigenvalue weighted by atomic mass is 9.92. The van der Waals surface area contributed by atoms with E-state index in [1.807, 2.05) is 30.3 Å². The third-order valence-corrected chi connectivity index (χ3v) is 4.55. The molecule has 0 amide bonds. The van der Waals surface area contributed by atoms with Crippen molar-refractivity contribution < 1.29 is 14.5 Å². The van der Waals surface area contributed by atoms with Crippen molar-refractivity contribution in [2.75, 3.05) is 11.9 Å². The SMILES string of the molecule is CCOC(=O)C1=C(c2ccccc2)Nc2ncnn2[C@H]1c1cccc([N+](=O)[O-])c1. The maximum atomic E-state index is 13.0. The number of ether oxygens (including phenoxy) is 1. The van der Waals surface area contributed by atoms with E-state index in [0.717, 1.165) is 5.56 Å². The van der Waals surface area contributed by atoms with Gasteiger partial charge in [-0.1, -0.05) is 42.5 Å². The monoisotopic (exact) mass is 391 g/mol. The molecule has 0 saturated carbocycles. The Morgan fingerprint density at radius 1 is 1.24 bits per heavy atom. The van der Waals surface area contributed by atoms with Gasteiger partial charge in [0.15, 0.2) is 0 Å². The van der Waals surface area contributed by atoms with Crippen LogP contribution in [0.5, 0.6) is 0 Å². The molecule has 0 fully saturated rings. The maximum absolute atomic E-state index is 13.0. The summed E-state index contributed by atoms with van der Waals surface area (Å²) in [5.41, 5.74) is 2.05. The number of anilines is 1. The molecule has 9 heteroatoms. The minimum Gasteiger partial charge on any atom is -0.463 e. The van der Waals surface area contributed by atoms with E-state index < -0.39 is 16.9 Å². The molecule has 0 saturated heterocycles. The first-order valence-electron chi connectivity index (χ1n) is 8.97. The molecule has 1 aliphatic rings. The van der Waals surface area contributed by atoms with E-state index in [1.54, 1.807) is 19.1 Å². The Labute approximate surface area is 165 Å². The van der Waals surface area contributed by atoms with Crippen LogP contribution in [0.15, 0.2) is 66.5 Å². The summed E-state index contributed by atoms with van der Waals surface area (Å²) in [5.74, 6) is -0.107. The molecule has 29 heavy (non-hydrogen) atoms. The third-order valence-electron chi connectivity index (χ3n) is 4.55. The molecule has 0 radical (unpaired) electrons. The average molecular weight is 391 g/mol. The van der Waals surface area contributed by atoms with Crippen molar-refractivity contribution in [3.8, 4) is 0 Å². The van der Waals surface area contributed by atoms with Gasteiger partial charge in [0.25, 0.3) is 5.69 Å². The Bertz CT molecular complexity index is 1110. The lowest BCUT2D eigenvalue weighted by Crippen LogP contribution is -2.30. The molecule has 9 nitrogen and oxygen atoms in total. The molecule has 1 aromatic heterocycles. The standard InChI is InChI=1S/C20H17N5O4/c1-2-29-19(26)16-17(13-7-4-3-5-8-13)23-20-21-12-22-24(20)18(16)14-9-6-10-15(11-14)25(27)28/h3-12,18H,2H2,1H3,(H,21,22,23)/t18-/m0/s1. The normalized spacial score (nSPS) is 15.4. The number of carbonyl (C=O) groups is 1. The summed E-state index contributed by atoms with van der Waals surface area (Å²) >= 11 is 0. The van der Waals surface area contributed by atoms with Crippen LogP contribution in [0, 0.1) is 10.1 Å². The van der Waals surface area contributed by atoms with Crippen molar-refractivity contribution in [2.45, 2.75) is 13.0 Å². The highest BCUT2D eigenvalue weighted by molar-refractivity contribution is 6.02. The van der Waals surface area contributed by atoms with Gasteiger partial charge in [0.2, 0.25) is 5.95 Å². The highest BCUT2D eigenvalue weighted by Crippen LogP contribution is 2.39. The molecule has 146 valence electrons. The molecular weight excluding hydrogens is 374 g/mol. The Balaban J connectivity index is 1.97. The van der Waals surface area contributed by atoms with Gasteiger partial charge in [-0.2, -0.15) is 10.1 Å². The number of fused-ring (bicyclic) bond motifs is 1. The number of nitro groups is 1. The van der Waals surface area contributed by atoms with Crippen LogP contribution in [0.2, 0.25) is 0 Å². The number of aromatic nitrogens is 3. The molecular formula is C20H17N5O4. The number of non-ortho nitro benzene ring substituents is 1. The van der Waals surface area contributed by atoms with Gasteiger partial charge in [0.1, 0.15) is 12.4 Å². The number of nitrogens with one attached hydrogen (secondary N) is 1. The second-order valence-corrected chi connectivity index (χ2v) is 6.28. The third kappa shape index (κ3) is 3.33. The van der Waals surface area contributed by atoms with Crippen LogP contribution >= 0.6 is 0 Å². The van der Waals surface area contributed by atoms with Gasteiger partial charge >= 0.3 is 5.97 Å². The zero-order valence-corrected chi connectivity index (χ0v) is 15.5. The maximum Gasteiger partial charge on any atom is 0.338 e. The smallest absolute Gasteiger partial charge is 0.338 e. The van der Waals surface area contributed by atoms with Crippen LogP contribution in [0.1, 0.15) is 24.1 Å². The van der Waals surface area contributed by atoms with Crippen LogP contribution < -0.4 is 5.32 Å². The zero-order chi connectivity index (χ0) is 20.4. The number of nitro benzene ring substituents is 1. The van der Waals surface area contributed by atoms with Gasteiger partial charge in [0, 0.05) is 12.1 Å².